The highest BCUT2D eigenvalue weighted by Gasteiger charge is 2.05. The third-order valence-corrected chi connectivity index (χ3v) is 2.74. The number of pyridine rings is 2. The van der Waals surface area contributed by atoms with Crippen molar-refractivity contribution in [3.05, 3.63) is 61.2 Å². The van der Waals surface area contributed by atoms with E-state index in [9.17, 15) is 0 Å². The first-order chi connectivity index (χ1) is 8.38. The minimum Gasteiger partial charge on any atom is -0.299 e. The van der Waals surface area contributed by atoms with E-state index in [0.717, 1.165) is 22.5 Å². The van der Waals surface area contributed by atoms with Crippen LogP contribution in [0.15, 0.2) is 55.6 Å². The third-order valence-electron chi connectivity index (χ3n) is 2.74. The molecule has 0 atom stereocenters. The topological polar surface area (TPSA) is 30.2 Å². The van der Waals surface area contributed by atoms with Crippen LogP contribution in [0.2, 0.25) is 0 Å². The van der Waals surface area contributed by atoms with Crippen molar-refractivity contribution in [1.82, 2.24) is 14.4 Å². The summed E-state index contributed by atoms with van der Waals surface area (Å²) in [5.74, 6) is 0. The van der Waals surface area contributed by atoms with Crippen LogP contribution < -0.4 is 0 Å². The lowest BCUT2D eigenvalue weighted by Gasteiger charge is -2.02. The van der Waals surface area contributed by atoms with E-state index in [1.165, 1.54) is 0 Å². The molecule has 0 spiro atoms. The van der Waals surface area contributed by atoms with Gasteiger partial charge < -0.3 is 0 Å². The van der Waals surface area contributed by atoms with Crippen LogP contribution in [-0.4, -0.2) is 14.4 Å². The predicted molar refractivity (Wildman–Crippen MR) is 68.5 cm³/mol. The quantitative estimate of drug-likeness (QED) is 0.665. The highest BCUT2D eigenvalue weighted by molar-refractivity contribution is 5.64. The smallest absolute Gasteiger partial charge is 0.137 e. The van der Waals surface area contributed by atoms with E-state index in [4.69, 9.17) is 0 Å². The molecule has 0 unspecified atom stereocenters. The van der Waals surface area contributed by atoms with Gasteiger partial charge in [0.2, 0.25) is 0 Å². The van der Waals surface area contributed by atoms with E-state index in [1.54, 1.807) is 12.4 Å². The van der Waals surface area contributed by atoms with Gasteiger partial charge in [0.25, 0.3) is 0 Å². The second kappa shape index (κ2) is 3.87. The SMILES string of the molecule is C=Cc1ccc2ncc(-c3ccncc3)n2c1. The molecule has 0 aliphatic rings. The maximum Gasteiger partial charge on any atom is 0.137 e. The monoisotopic (exact) mass is 221 g/mol. The van der Waals surface area contributed by atoms with Crippen LogP contribution >= 0.6 is 0 Å². The first-order valence-electron chi connectivity index (χ1n) is 5.38. The Kier molecular flexibility index (Phi) is 2.22. The van der Waals surface area contributed by atoms with Crippen molar-refractivity contribution < 1.29 is 0 Å². The van der Waals surface area contributed by atoms with Crippen LogP contribution in [0.3, 0.4) is 0 Å². The zero-order chi connectivity index (χ0) is 11.7. The molecule has 0 saturated heterocycles. The average Bonchev–Trinajstić information content (AvgIpc) is 2.82. The fraction of sp³-hybridized carbons (Fsp3) is 0. The fourth-order valence-electron chi connectivity index (χ4n) is 1.85. The van der Waals surface area contributed by atoms with Gasteiger partial charge in [-0.05, 0) is 29.8 Å². The van der Waals surface area contributed by atoms with Crippen molar-refractivity contribution in [2.75, 3.05) is 0 Å². The highest BCUT2D eigenvalue weighted by Crippen LogP contribution is 2.20. The van der Waals surface area contributed by atoms with Crippen molar-refractivity contribution in [1.29, 1.82) is 0 Å². The zero-order valence-electron chi connectivity index (χ0n) is 9.24. The molecule has 0 fully saturated rings. The summed E-state index contributed by atoms with van der Waals surface area (Å²) in [6, 6.07) is 7.95. The fourth-order valence-corrected chi connectivity index (χ4v) is 1.85. The van der Waals surface area contributed by atoms with Gasteiger partial charge in [0.1, 0.15) is 5.65 Å². The molecular formula is C14H11N3. The number of imidazole rings is 1. The summed E-state index contributed by atoms with van der Waals surface area (Å²) >= 11 is 0. The van der Waals surface area contributed by atoms with E-state index >= 15 is 0 Å². The maximum absolute atomic E-state index is 4.38. The molecule has 0 aliphatic heterocycles. The third kappa shape index (κ3) is 1.61. The van der Waals surface area contributed by atoms with Crippen LogP contribution in [0.4, 0.5) is 0 Å². The minimum atomic E-state index is 0.933. The number of nitrogens with zero attached hydrogens (tertiary/aromatic N) is 3. The molecule has 3 nitrogen and oxygen atoms in total. The Morgan fingerprint density at radius 2 is 1.94 bits per heavy atom. The lowest BCUT2D eigenvalue weighted by molar-refractivity contribution is 1.18. The summed E-state index contributed by atoms with van der Waals surface area (Å²) in [5, 5.41) is 0. The summed E-state index contributed by atoms with van der Waals surface area (Å²) in [5.41, 5.74) is 4.17. The van der Waals surface area contributed by atoms with Crippen molar-refractivity contribution in [3.8, 4) is 11.3 Å². The molecule has 0 bridgehead atoms. The molecule has 3 heterocycles. The molecule has 0 saturated carbocycles. The van der Waals surface area contributed by atoms with Crippen LogP contribution in [0, 0.1) is 0 Å². The number of aromatic nitrogens is 3. The van der Waals surface area contributed by atoms with E-state index in [0.29, 0.717) is 0 Å². The van der Waals surface area contributed by atoms with Crippen LogP contribution in [0.5, 0.6) is 0 Å². The van der Waals surface area contributed by atoms with Gasteiger partial charge in [-0.3, -0.25) is 9.38 Å². The molecule has 0 radical (unpaired) electrons. The molecule has 3 rings (SSSR count). The van der Waals surface area contributed by atoms with Crippen LogP contribution in [0.25, 0.3) is 23.0 Å². The summed E-state index contributed by atoms with van der Waals surface area (Å²) in [7, 11) is 0. The largest absolute Gasteiger partial charge is 0.299 e. The highest BCUT2D eigenvalue weighted by atomic mass is 15.0. The zero-order valence-corrected chi connectivity index (χ0v) is 9.24. The first-order valence-corrected chi connectivity index (χ1v) is 5.38. The summed E-state index contributed by atoms with van der Waals surface area (Å²) in [6.45, 7) is 3.78. The lowest BCUT2D eigenvalue weighted by atomic mass is 10.2. The molecule has 3 aromatic heterocycles. The van der Waals surface area contributed by atoms with Gasteiger partial charge in [-0.2, -0.15) is 0 Å². The maximum atomic E-state index is 4.38. The molecule has 3 aromatic rings. The Labute approximate surface area is 99.1 Å². The normalized spacial score (nSPS) is 10.6. The first kappa shape index (κ1) is 9.78. The molecule has 3 heteroatoms. The van der Waals surface area contributed by atoms with Gasteiger partial charge in [0.05, 0.1) is 11.9 Å². The van der Waals surface area contributed by atoms with Gasteiger partial charge in [-0.25, -0.2) is 4.98 Å². The molecule has 0 aliphatic carbocycles. The molecule has 17 heavy (non-hydrogen) atoms. The Bertz CT molecular complexity index is 668. The van der Waals surface area contributed by atoms with E-state index in [-0.39, 0.29) is 0 Å². The number of hydrogen-bond acceptors (Lipinski definition) is 2. The summed E-state index contributed by atoms with van der Waals surface area (Å²) in [4.78, 5) is 8.40. The van der Waals surface area contributed by atoms with E-state index in [1.807, 2.05) is 42.7 Å². The van der Waals surface area contributed by atoms with Gasteiger partial charge in [0, 0.05) is 24.2 Å². The van der Waals surface area contributed by atoms with Gasteiger partial charge >= 0.3 is 0 Å². The van der Waals surface area contributed by atoms with Crippen LogP contribution in [0.1, 0.15) is 5.56 Å². The second-order valence-corrected chi connectivity index (χ2v) is 3.77. The molecule has 0 N–H and O–H groups in total. The number of hydrogen-bond donors (Lipinski definition) is 0. The average molecular weight is 221 g/mol. The Morgan fingerprint density at radius 1 is 1.12 bits per heavy atom. The summed E-state index contributed by atoms with van der Waals surface area (Å²) < 4.78 is 2.06. The number of fused-ring (bicyclic) bond motifs is 1. The summed E-state index contributed by atoms with van der Waals surface area (Å²) in [6.07, 6.45) is 9.30. The van der Waals surface area contributed by atoms with Crippen molar-refractivity contribution in [2.24, 2.45) is 0 Å². The van der Waals surface area contributed by atoms with Crippen molar-refractivity contribution >= 4 is 11.7 Å². The minimum absolute atomic E-state index is 0.933. The van der Waals surface area contributed by atoms with Crippen molar-refractivity contribution in [2.45, 2.75) is 0 Å². The standard InChI is InChI=1S/C14H11N3/c1-2-11-3-4-14-16-9-13(17(14)10-11)12-5-7-15-8-6-12/h2-10H,1H2. The van der Waals surface area contributed by atoms with Crippen LogP contribution in [-0.2, 0) is 0 Å². The van der Waals surface area contributed by atoms with Gasteiger partial charge in [0.15, 0.2) is 0 Å². The van der Waals surface area contributed by atoms with Gasteiger partial charge in [-0.1, -0.05) is 12.7 Å². The van der Waals surface area contributed by atoms with Crippen molar-refractivity contribution in [3.63, 3.8) is 0 Å². The van der Waals surface area contributed by atoms with Gasteiger partial charge in [-0.15, -0.1) is 0 Å². The second-order valence-electron chi connectivity index (χ2n) is 3.77. The molecular weight excluding hydrogens is 210 g/mol. The number of rotatable bonds is 2. The van der Waals surface area contributed by atoms with E-state index in [2.05, 4.69) is 20.9 Å². The molecule has 0 amide bonds. The lowest BCUT2D eigenvalue weighted by Crippen LogP contribution is -1.89. The Morgan fingerprint density at radius 3 is 2.71 bits per heavy atom. The molecule has 0 aromatic carbocycles. The predicted octanol–water partition coefficient (Wildman–Crippen LogP) is 3.04. The Balaban J connectivity index is 2.27. The molecule has 82 valence electrons. The Hall–Kier alpha value is -2.42. The van der Waals surface area contributed by atoms with E-state index < -0.39 is 0 Å².